The fourth-order valence-electron chi connectivity index (χ4n) is 3.21. The first-order valence-electron chi connectivity index (χ1n) is 8.79. The summed E-state index contributed by atoms with van der Waals surface area (Å²) in [4.78, 5) is 24.3. The van der Waals surface area contributed by atoms with E-state index in [2.05, 4.69) is 5.32 Å². The minimum absolute atomic E-state index is 0.0391. The van der Waals surface area contributed by atoms with Crippen molar-refractivity contribution in [2.75, 3.05) is 11.9 Å². The maximum Gasteiger partial charge on any atom is 0.270 e. The molecule has 0 bridgehead atoms. The van der Waals surface area contributed by atoms with Crippen molar-refractivity contribution in [2.45, 2.75) is 38.1 Å². The Kier molecular flexibility index (Phi) is 4.92. The van der Waals surface area contributed by atoms with Gasteiger partial charge in [-0.15, -0.1) is 0 Å². The Morgan fingerprint density at radius 3 is 2.64 bits per heavy atom. The molecule has 2 aliphatic rings. The minimum Gasteiger partial charge on any atom is -0.509 e. The van der Waals surface area contributed by atoms with Crippen LogP contribution in [-0.4, -0.2) is 41.8 Å². The van der Waals surface area contributed by atoms with E-state index in [1.807, 2.05) is 13.8 Å². The van der Waals surface area contributed by atoms with Crippen molar-refractivity contribution < 1.29 is 23.2 Å². The summed E-state index contributed by atoms with van der Waals surface area (Å²) in [6.45, 7) is 6.16. The second-order valence-electron chi connectivity index (χ2n) is 7.26. The summed E-state index contributed by atoms with van der Waals surface area (Å²) in [5, 5.41) is 25.1. The molecule has 1 amide bonds. The molecular weight excluding hydrogens is 386 g/mol. The number of nitrogens with zero attached hydrogens (tertiary/aromatic N) is 2. The lowest BCUT2D eigenvalue weighted by atomic mass is 10.1. The van der Waals surface area contributed by atoms with Crippen LogP contribution >= 0.6 is 0 Å². The van der Waals surface area contributed by atoms with E-state index >= 15 is 0 Å². The van der Waals surface area contributed by atoms with Gasteiger partial charge in [-0.05, 0) is 25.3 Å². The Balaban J connectivity index is 1.99. The van der Waals surface area contributed by atoms with Gasteiger partial charge in [-0.25, -0.2) is 8.42 Å². The molecule has 0 saturated heterocycles. The standard InChI is InChI=1S/C18H21N3O6S/c1-10(2)6-7-20-11(3)17(22)16(18(20)23)14-9-28(26,27)15-8-12(21(24)25)4-5-13(15)19-14/h4-5,8-11,19,22H,6-7H2,1-3H3. The molecule has 0 aromatic heterocycles. The van der Waals surface area contributed by atoms with Gasteiger partial charge in [-0.1, -0.05) is 13.8 Å². The molecule has 0 radical (unpaired) electrons. The number of aliphatic hydroxyl groups excluding tert-OH is 1. The molecule has 28 heavy (non-hydrogen) atoms. The maximum absolute atomic E-state index is 12.8. The van der Waals surface area contributed by atoms with E-state index in [1.54, 1.807) is 6.92 Å². The van der Waals surface area contributed by atoms with Crippen molar-refractivity contribution in [3.8, 4) is 0 Å². The molecule has 150 valence electrons. The van der Waals surface area contributed by atoms with E-state index in [-0.39, 0.29) is 33.3 Å². The summed E-state index contributed by atoms with van der Waals surface area (Å²) in [5.74, 6) is -0.292. The maximum atomic E-state index is 12.8. The molecule has 1 atom stereocenters. The highest BCUT2D eigenvalue weighted by Crippen LogP contribution is 2.37. The number of fused-ring (bicyclic) bond motifs is 1. The number of nitro benzene ring substituents is 1. The topological polar surface area (TPSA) is 130 Å². The fourth-order valence-corrected chi connectivity index (χ4v) is 4.53. The van der Waals surface area contributed by atoms with Crippen molar-refractivity contribution in [1.29, 1.82) is 0 Å². The molecule has 1 aromatic rings. The first kappa shape index (κ1) is 19.9. The lowest BCUT2D eigenvalue weighted by Gasteiger charge is -2.23. The Morgan fingerprint density at radius 1 is 1.36 bits per heavy atom. The van der Waals surface area contributed by atoms with E-state index < -0.39 is 26.7 Å². The lowest BCUT2D eigenvalue weighted by molar-refractivity contribution is -0.385. The predicted molar refractivity (Wildman–Crippen MR) is 102 cm³/mol. The van der Waals surface area contributed by atoms with Gasteiger partial charge in [0.05, 0.1) is 27.8 Å². The second-order valence-corrected chi connectivity index (χ2v) is 9.02. The molecule has 0 spiro atoms. The fraction of sp³-hybridized carbons (Fsp3) is 0.389. The van der Waals surface area contributed by atoms with Crippen LogP contribution in [-0.2, 0) is 14.6 Å². The van der Waals surface area contributed by atoms with Crippen LogP contribution in [0.4, 0.5) is 11.4 Å². The zero-order chi connectivity index (χ0) is 20.8. The Morgan fingerprint density at radius 2 is 2.04 bits per heavy atom. The Hall–Kier alpha value is -2.88. The third kappa shape index (κ3) is 3.35. The van der Waals surface area contributed by atoms with Gasteiger partial charge in [-0.3, -0.25) is 14.9 Å². The monoisotopic (exact) mass is 407 g/mol. The van der Waals surface area contributed by atoms with Crippen LogP contribution in [0.25, 0.3) is 0 Å². The van der Waals surface area contributed by atoms with Crippen LogP contribution in [0.15, 0.2) is 45.5 Å². The number of amides is 1. The zero-order valence-electron chi connectivity index (χ0n) is 15.7. The van der Waals surface area contributed by atoms with Crippen molar-refractivity contribution in [2.24, 2.45) is 5.92 Å². The molecule has 2 aliphatic heterocycles. The highest BCUT2D eigenvalue weighted by atomic mass is 32.2. The summed E-state index contributed by atoms with van der Waals surface area (Å²) >= 11 is 0. The van der Waals surface area contributed by atoms with E-state index in [1.165, 1.54) is 17.0 Å². The number of benzene rings is 1. The highest BCUT2D eigenvalue weighted by Gasteiger charge is 2.40. The number of nitro groups is 1. The summed E-state index contributed by atoms with van der Waals surface area (Å²) in [6, 6.07) is 2.85. The summed E-state index contributed by atoms with van der Waals surface area (Å²) < 4.78 is 25.3. The number of rotatable bonds is 5. The number of hydrogen-bond acceptors (Lipinski definition) is 7. The van der Waals surface area contributed by atoms with Gasteiger partial charge in [0.1, 0.15) is 16.2 Å². The number of aliphatic hydroxyl groups is 1. The van der Waals surface area contributed by atoms with E-state index in [4.69, 9.17) is 0 Å². The molecule has 1 aromatic carbocycles. The average molecular weight is 407 g/mol. The molecule has 1 unspecified atom stereocenters. The molecule has 0 aliphatic carbocycles. The molecular formula is C18H21N3O6S. The second kappa shape index (κ2) is 6.93. The number of anilines is 1. The van der Waals surface area contributed by atoms with Crippen LogP contribution in [0.1, 0.15) is 27.2 Å². The number of non-ortho nitro benzene ring substituents is 1. The Bertz CT molecular complexity index is 1030. The number of nitrogens with one attached hydrogen (secondary N) is 1. The first-order valence-corrected chi connectivity index (χ1v) is 10.3. The van der Waals surface area contributed by atoms with Gasteiger partial charge in [-0.2, -0.15) is 0 Å². The molecule has 3 rings (SSSR count). The molecule has 0 fully saturated rings. The number of carbonyl (C=O) groups excluding carboxylic acids is 1. The van der Waals surface area contributed by atoms with Gasteiger partial charge in [0, 0.05) is 18.7 Å². The average Bonchev–Trinajstić information content (AvgIpc) is 2.81. The molecule has 0 saturated carbocycles. The van der Waals surface area contributed by atoms with Crippen molar-refractivity contribution in [3.05, 3.63) is 50.8 Å². The predicted octanol–water partition coefficient (Wildman–Crippen LogP) is 2.72. The number of sulfone groups is 1. The summed E-state index contributed by atoms with van der Waals surface area (Å²) in [6.07, 6.45) is 0.744. The van der Waals surface area contributed by atoms with Gasteiger partial charge in [0.15, 0.2) is 0 Å². The van der Waals surface area contributed by atoms with Crippen molar-refractivity contribution in [3.63, 3.8) is 0 Å². The van der Waals surface area contributed by atoms with E-state index in [9.17, 15) is 28.4 Å². The smallest absolute Gasteiger partial charge is 0.270 e. The number of hydrogen-bond donors (Lipinski definition) is 2. The third-order valence-corrected chi connectivity index (χ3v) is 6.33. The van der Waals surface area contributed by atoms with Crippen molar-refractivity contribution in [1.82, 2.24) is 4.90 Å². The van der Waals surface area contributed by atoms with Crippen LogP contribution in [0, 0.1) is 16.0 Å². The molecule has 2 N–H and O–H groups in total. The normalized spacial score (nSPS) is 20.9. The van der Waals surface area contributed by atoms with Crippen LogP contribution in [0.5, 0.6) is 0 Å². The highest BCUT2D eigenvalue weighted by molar-refractivity contribution is 7.94. The van der Waals surface area contributed by atoms with E-state index in [0.717, 1.165) is 17.9 Å². The minimum atomic E-state index is -4.04. The molecule has 2 heterocycles. The first-order chi connectivity index (χ1) is 13.0. The van der Waals surface area contributed by atoms with Gasteiger partial charge in [0.25, 0.3) is 11.6 Å². The van der Waals surface area contributed by atoms with Crippen LogP contribution < -0.4 is 5.32 Å². The zero-order valence-corrected chi connectivity index (χ0v) is 16.5. The lowest BCUT2D eigenvalue weighted by Crippen LogP contribution is -2.35. The SMILES string of the molecule is CC(C)CCN1C(=O)C(C2=CS(=O)(=O)c3cc([N+](=O)[O-])ccc3N2)=C(O)C1C. The third-order valence-electron chi connectivity index (χ3n) is 4.84. The largest absolute Gasteiger partial charge is 0.509 e. The molecule has 10 heteroatoms. The molecule has 9 nitrogen and oxygen atoms in total. The summed E-state index contributed by atoms with van der Waals surface area (Å²) in [7, 11) is -4.04. The van der Waals surface area contributed by atoms with Gasteiger partial charge < -0.3 is 15.3 Å². The van der Waals surface area contributed by atoms with Gasteiger partial charge in [0.2, 0.25) is 9.84 Å². The Labute approximate surface area is 162 Å². The van der Waals surface area contributed by atoms with E-state index in [0.29, 0.717) is 12.5 Å². The van der Waals surface area contributed by atoms with Crippen molar-refractivity contribution >= 4 is 27.1 Å². The van der Waals surface area contributed by atoms with Crippen LogP contribution in [0.3, 0.4) is 0 Å². The summed E-state index contributed by atoms with van der Waals surface area (Å²) in [5.41, 5.74) is -0.371. The quantitative estimate of drug-likeness (QED) is 0.567. The van der Waals surface area contributed by atoms with Gasteiger partial charge >= 0.3 is 0 Å². The number of carbonyl (C=O) groups is 1. The van der Waals surface area contributed by atoms with Crippen LogP contribution in [0.2, 0.25) is 0 Å².